The van der Waals surface area contributed by atoms with Crippen LogP contribution < -0.4 is 5.32 Å². The molecule has 0 amide bonds. The molecule has 0 fully saturated rings. The molecule has 0 aliphatic carbocycles. The van der Waals surface area contributed by atoms with Crippen molar-refractivity contribution in [3.63, 3.8) is 0 Å². The minimum absolute atomic E-state index is 0.684. The van der Waals surface area contributed by atoms with Crippen LogP contribution in [0.5, 0.6) is 0 Å². The standard InChI is InChI=1S/C14H27N3O/c1-4-7-18-8-5-6-17-12-16-11-14(17)10-15-9-13(2)3/h11-13,15H,4-10H2,1-3H3. The van der Waals surface area contributed by atoms with Gasteiger partial charge in [0.1, 0.15) is 0 Å². The smallest absolute Gasteiger partial charge is 0.0948 e. The van der Waals surface area contributed by atoms with Crippen LogP contribution in [0.1, 0.15) is 39.3 Å². The fourth-order valence-electron chi connectivity index (χ4n) is 1.77. The van der Waals surface area contributed by atoms with E-state index < -0.39 is 0 Å². The predicted molar refractivity (Wildman–Crippen MR) is 74.5 cm³/mol. The minimum Gasteiger partial charge on any atom is -0.381 e. The van der Waals surface area contributed by atoms with Gasteiger partial charge in [0.05, 0.1) is 12.0 Å². The molecule has 18 heavy (non-hydrogen) atoms. The number of rotatable bonds is 10. The molecule has 1 aromatic heterocycles. The highest BCUT2D eigenvalue weighted by atomic mass is 16.5. The molecule has 0 saturated heterocycles. The van der Waals surface area contributed by atoms with Crippen molar-refractivity contribution >= 4 is 0 Å². The van der Waals surface area contributed by atoms with Crippen LogP contribution in [-0.4, -0.2) is 29.3 Å². The van der Waals surface area contributed by atoms with Crippen LogP contribution in [-0.2, 0) is 17.8 Å². The average Bonchev–Trinajstić information content (AvgIpc) is 2.76. The predicted octanol–water partition coefficient (Wildman–Crippen LogP) is 2.45. The number of ether oxygens (including phenoxy) is 1. The van der Waals surface area contributed by atoms with E-state index in [0.717, 1.165) is 45.7 Å². The van der Waals surface area contributed by atoms with Crippen LogP contribution in [0.15, 0.2) is 12.5 Å². The SMILES string of the molecule is CCCOCCCn1cncc1CNCC(C)C. The van der Waals surface area contributed by atoms with E-state index >= 15 is 0 Å². The molecule has 4 heteroatoms. The highest BCUT2D eigenvalue weighted by Crippen LogP contribution is 2.01. The van der Waals surface area contributed by atoms with E-state index in [4.69, 9.17) is 4.74 Å². The van der Waals surface area contributed by atoms with E-state index in [9.17, 15) is 0 Å². The fourth-order valence-corrected chi connectivity index (χ4v) is 1.77. The first-order chi connectivity index (χ1) is 8.74. The summed E-state index contributed by atoms with van der Waals surface area (Å²) in [4.78, 5) is 4.22. The van der Waals surface area contributed by atoms with Gasteiger partial charge in [0.2, 0.25) is 0 Å². The van der Waals surface area contributed by atoms with Crippen LogP contribution >= 0.6 is 0 Å². The maximum absolute atomic E-state index is 5.48. The van der Waals surface area contributed by atoms with Crippen LogP contribution in [0.4, 0.5) is 0 Å². The summed E-state index contributed by atoms with van der Waals surface area (Å²) < 4.78 is 7.70. The average molecular weight is 253 g/mol. The number of hydrogen-bond acceptors (Lipinski definition) is 3. The van der Waals surface area contributed by atoms with Gasteiger partial charge in [-0.25, -0.2) is 4.98 Å². The first-order valence-electron chi connectivity index (χ1n) is 7.01. The molecule has 1 N–H and O–H groups in total. The van der Waals surface area contributed by atoms with E-state index in [1.165, 1.54) is 5.69 Å². The molecule has 0 aliphatic rings. The maximum Gasteiger partial charge on any atom is 0.0948 e. The first-order valence-corrected chi connectivity index (χ1v) is 7.01. The molecule has 1 rings (SSSR count). The molecule has 0 bridgehead atoms. The molecule has 1 aromatic rings. The van der Waals surface area contributed by atoms with E-state index in [1.807, 2.05) is 12.5 Å². The Hall–Kier alpha value is -0.870. The highest BCUT2D eigenvalue weighted by Gasteiger charge is 2.02. The van der Waals surface area contributed by atoms with Crippen molar-refractivity contribution in [1.82, 2.24) is 14.9 Å². The van der Waals surface area contributed by atoms with Crippen molar-refractivity contribution in [1.29, 1.82) is 0 Å². The summed E-state index contributed by atoms with van der Waals surface area (Å²) in [5.74, 6) is 0.684. The van der Waals surface area contributed by atoms with Crippen molar-refractivity contribution < 1.29 is 4.74 Å². The number of nitrogens with zero attached hydrogens (tertiary/aromatic N) is 2. The topological polar surface area (TPSA) is 39.1 Å². The third-order valence-electron chi connectivity index (χ3n) is 2.69. The van der Waals surface area contributed by atoms with Crippen molar-refractivity contribution in [2.24, 2.45) is 5.92 Å². The van der Waals surface area contributed by atoms with Gasteiger partial charge in [-0.05, 0) is 25.3 Å². The molecule has 0 unspecified atom stereocenters. The van der Waals surface area contributed by atoms with Crippen LogP contribution in [0.25, 0.3) is 0 Å². The Morgan fingerprint density at radius 2 is 2.22 bits per heavy atom. The van der Waals surface area contributed by atoms with Crippen LogP contribution in [0.2, 0.25) is 0 Å². The summed E-state index contributed by atoms with van der Waals surface area (Å²) in [6.07, 6.45) is 6.00. The largest absolute Gasteiger partial charge is 0.381 e. The van der Waals surface area contributed by atoms with Gasteiger partial charge in [0, 0.05) is 32.5 Å². The molecular weight excluding hydrogens is 226 g/mol. The summed E-state index contributed by atoms with van der Waals surface area (Å²) in [5.41, 5.74) is 1.26. The lowest BCUT2D eigenvalue weighted by Crippen LogP contribution is -2.21. The second-order valence-electron chi connectivity index (χ2n) is 5.07. The first kappa shape index (κ1) is 15.2. The molecule has 1 heterocycles. The Morgan fingerprint density at radius 1 is 1.39 bits per heavy atom. The van der Waals surface area contributed by atoms with Gasteiger partial charge in [-0.1, -0.05) is 20.8 Å². The van der Waals surface area contributed by atoms with Gasteiger partial charge in [-0.2, -0.15) is 0 Å². The Bertz CT molecular complexity index is 310. The zero-order chi connectivity index (χ0) is 13.2. The molecule has 4 nitrogen and oxygen atoms in total. The van der Waals surface area contributed by atoms with Gasteiger partial charge >= 0.3 is 0 Å². The highest BCUT2D eigenvalue weighted by molar-refractivity contribution is 4.97. The van der Waals surface area contributed by atoms with Gasteiger partial charge < -0.3 is 14.6 Å². The maximum atomic E-state index is 5.48. The molecule has 0 spiro atoms. The quantitative estimate of drug-likeness (QED) is 0.651. The third-order valence-corrected chi connectivity index (χ3v) is 2.69. The van der Waals surface area contributed by atoms with E-state index in [0.29, 0.717) is 5.92 Å². The fraction of sp³-hybridized carbons (Fsp3) is 0.786. The van der Waals surface area contributed by atoms with Crippen molar-refractivity contribution in [2.45, 2.75) is 46.7 Å². The molecule has 0 radical (unpaired) electrons. The third kappa shape index (κ3) is 6.17. The Labute approximate surface area is 111 Å². The van der Waals surface area contributed by atoms with E-state index in [2.05, 4.69) is 35.6 Å². The van der Waals surface area contributed by atoms with Gasteiger partial charge in [-0.3, -0.25) is 0 Å². The second kappa shape index (κ2) is 9.11. The number of nitrogens with one attached hydrogen (secondary N) is 1. The molecule has 0 atom stereocenters. The summed E-state index contributed by atoms with van der Waals surface area (Å²) in [6.45, 7) is 11.2. The number of hydrogen-bond donors (Lipinski definition) is 1. The van der Waals surface area contributed by atoms with Gasteiger partial charge in [0.25, 0.3) is 0 Å². The summed E-state index contributed by atoms with van der Waals surface area (Å²) >= 11 is 0. The minimum atomic E-state index is 0.684. The van der Waals surface area contributed by atoms with Crippen LogP contribution in [0, 0.1) is 5.92 Å². The Morgan fingerprint density at radius 3 is 2.94 bits per heavy atom. The van der Waals surface area contributed by atoms with Crippen molar-refractivity contribution in [2.75, 3.05) is 19.8 Å². The van der Waals surface area contributed by atoms with E-state index in [-0.39, 0.29) is 0 Å². The lowest BCUT2D eigenvalue weighted by Gasteiger charge is -2.10. The van der Waals surface area contributed by atoms with Gasteiger partial charge in [0.15, 0.2) is 0 Å². The Balaban J connectivity index is 2.22. The Kier molecular flexibility index (Phi) is 7.69. The molecule has 0 aliphatic heterocycles. The normalized spacial score (nSPS) is 11.3. The van der Waals surface area contributed by atoms with Gasteiger partial charge in [-0.15, -0.1) is 0 Å². The summed E-state index contributed by atoms with van der Waals surface area (Å²) in [7, 11) is 0. The van der Waals surface area contributed by atoms with Crippen molar-refractivity contribution in [3.8, 4) is 0 Å². The summed E-state index contributed by atoms with van der Waals surface area (Å²) in [6, 6.07) is 0. The molecular formula is C14H27N3O. The molecule has 0 saturated carbocycles. The monoisotopic (exact) mass is 253 g/mol. The number of aromatic nitrogens is 2. The second-order valence-corrected chi connectivity index (χ2v) is 5.07. The van der Waals surface area contributed by atoms with Crippen molar-refractivity contribution in [3.05, 3.63) is 18.2 Å². The lowest BCUT2D eigenvalue weighted by molar-refractivity contribution is 0.129. The molecule has 0 aromatic carbocycles. The summed E-state index contributed by atoms with van der Waals surface area (Å²) in [5, 5.41) is 3.45. The van der Waals surface area contributed by atoms with E-state index in [1.54, 1.807) is 0 Å². The number of imidazole rings is 1. The lowest BCUT2D eigenvalue weighted by atomic mass is 10.2. The zero-order valence-corrected chi connectivity index (χ0v) is 12.0. The number of aryl methyl sites for hydroxylation is 1. The van der Waals surface area contributed by atoms with Crippen LogP contribution in [0.3, 0.4) is 0 Å². The molecule has 104 valence electrons. The zero-order valence-electron chi connectivity index (χ0n) is 12.0.